The Morgan fingerprint density at radius 3 is 1.86 bits per heavy atom. The summed E-state index contributed by atoms with van der Waals surface area (Å²) < 4.78 is 8.94. The molecule has 0 fully saturated rings. The van der Waals surface area contributed by atoms with Crippen LogP contribution in [0.4, 0.5) is 0 Å². The van der Waals surface area contributed by atoms with Gasteiger partial charge < -0.3 is 8.98 Å². The van der Waals surface area contributed by atoms with Crippen molar-refractivity contribution in [3.63, 3.8) is 0 Å². The fourth-order valence-corrected chi connectivity index (χ4v) is 5.82. The van der Waals surface area contributed by atoms with E-state index < -0.39 is 0 Å². The average Bonchev–Trinajstić information content (AvgIpc) is 3.50. The number of hydrogen-bond acceptors (Lipinski definition) is 1. The van der Waals surface area contributed by atoms with Gasteiger partial charge in [0.1, 0.15) is 11.2 Å². The number of nitrogens with zero attached hydrogens (tertiary/aromatic N) is 1. The summed E-state index contributed by atoms with van der Waals surface area (Å²) in [6, 6.07) is 45.2. The molecule has 0 N–H and O–H groups in total. The summed E-state index contributed by atoms with van der Waals surface area (Å²) in [5.41, 5.74) is 7.84. The molecule has 8 aromatic rings. The zero-order valence-corrected chi connectivity index (χ0v) is 19.5. The van der Waals surface area contributed by atoms with Crippen LogP contribution in [-0.4, -0.2) is 4.57 Å². The fourth-order valence-electron chi connectivity index (χ4n) is 5.82. The smallest absolute Gasteiger partial charge is 0.145 e. The molecule has 2 nitrogen and oxygen atoms in total. The molecule has 0 aliphatic rings. The molecule has 2 aromatic heterocycles. The molecule has 36 heavy (non-hydrogen) atoms. The monoisotopic (exact) mass is 459 g/mol. The molecule has 0 amide bonds. The van der Waals surface area contributed by atoms with Crippen LogP contribution in [0.15, 0.2) is 132 Å². The number of rotatable bonds is 2. The Labute approximate surface area is 207 Å². The largest absolute Gasteiger partial charge is 0.455 e. The summed E-state index contributed by atoms with van der Waals surface area (Å²) in [6.45, 7) is 0. The molecule has 2 heterocycles. The van der Waals surface area contributed by atoms with Crippen LogP contribution in [0.25, 0.3) is 71.3 Å². The van der Waals surface area contributed by atoms with Crippen LogP contribution >= 0.6 is 0 Å². The first-order chi connectivity index (χ1) is 17.9. The number of benzene rings is 6. The summed E-state index contributed by atoms with van der Waals surface area (Å²) in [6.07, 6.45) is 0. The molecule has 8 rings (SSSR count). The lowest BCUT2D eigenvalue weighted by Gasteiger charge is -2.11. The predicted molar refractivity (Wildman–Crippen MR) is 151 cm³/mol. The molecular formula is C34H21NO. The molecule has 6 aromatic carbocycles. The van der Waals surface area contributed by atoms with Crippen LogP contribution in [0.3, 0.4) is 0 Å². The quantitative estimate of drug-likeness (QED) is 0.252. The van der Waals surface area contributed by atoms with Gasteiger partial charge in [-0.3, -0.25) is 0 Å². The van der Waals surface area contributed by atoms with Crippen molar-refractivity contribution in [2.45, 2.75) is 0 Å². The third-order valence-corrected chi connectivity index (χ3v) is 7.38. The maximum atomic E-state index is 6.52. The lowest BCUT2D eigenvalue weighted by atomic mass is 9.99. The SMILES string of the molecule is c1ccc(-c2ccc(-n3c4ccccc4c4c5ccccc5c5oc6ccccc6c5c43)cc2)cc1. The summed E-state index contributed by atoms with van der Waals surface area (Å²) in [5.74, 6) is 0. The van der Waals surface area contributed by atoms with E-state index in [1.165, 1.54) is 43.7 Å². The summed E-state index contributed by atoms with van der Waals surface area (Å²) >= 11 is 0. The van der Waals surface area contributed by atoms with Crippen molar-refractivity contribution < 1.29 is 4.42 Å². The van der Waals surface area contributed by atoms with Gasteiger partial charge in [0.2, 0.25) is 0 Å². The average molecular weight is 460 g/mol. The van der Waals surface area contributed by atoms with Crippen LogP contribution in [0, 0.1) is 0 Å². The molecule has 0 radical (unpaired) electrons. The second-order valence-electron chi connectivity index (χ2n) is 9.34. The van der Waals surface area contributed by atoms with Crippen molar-refractivity contribution in [3.05, 3.63) is 127 Å². The van der Waals surface area contributed by atoms with Crippen molar-refractivity contribution in [1.29, 1.82) is 0 Å². The molecule has 168 valence electrons. The maximum absolute atomic E-state index is 6.52. The zero-order chi connectivity index (χ0) is 23.6. The van der Waals surface area contributed by atoms with E-state index in [-0.39, 0.29) is 0 Å². The van der Waals surface area contributed by atoms with Crippen LogP contribution < -0.4 is 0 Å². The molecule has 0 saturated heterocycles. The van der Waals surface area contributed by atoms with E-state index in [1.807, 2.05) is 6.07 Å². The van der Waals surface area contributed by atoms with Crippen LogP contribution in [0.1, 0.15) is 0 Å². The highest BCUT2D eigenvalue weighted by Crippen LogP contribution is 2.45. The molecule has 0 saturated carbocycles. The number of para-hydroxylation sites is 2. The Hall–Kier alpha value is -4.82. The Bertz CT molecular complexity index is 2080. The molecular weight excluding hydrogens is 438 g/mol. The molecule has 0 aliphatic carbocycles. The van der Waals surface area contributed by atoms with Gasteiger partial charge in [-0.05, 0) is 40.8 Å². The second kappa shape index (κ2) is 7.34. The molecule has 0 aliphatic heterocycles. The highest BCUT2D eigenvalue weighted by Gasteiger charge is 2.22. The van der Waals surface area contributed by atoms with E-state index >= 15 is 0 Å². The Morgan fingerprint density at radius 1 is 0.444 bits per heavy atom. The molecule has 0 bridgehead atoms. The summed E-state index contributed by atoms with van der Waals surface area (Å²) in [5, 5.41) is 7.21. The van der Waals surface area contributed by atoms with E-state index in [9.17, 15) is 0 Å². The number of aromatic nitrogens is 1. The number of furan rings is 1. The Morgan fingerprint density at radius 2 is 1.06 bits per heavy atom. The van der Waals surface area contributed by atoms with E-state index in [2.05, 4.69) is 126 Å². The number of fused-ring (bicyclic) bond motifs is 10. The molecule has 0 spiro atoms. The van der Waals surface area contributed by atoms with Gasteiger partial charge in [0.25, 0.3) is 0 Å². The van der Waals surface area contributed by atoms with Crippen molar-refractivity contribution in [3.8, 4) is 16.8 Å². The van der Waals surface area contributed by atoms with E-state index in [0.29, 0.717) is 0 Å². The highest BCUT2D eigenvalue weighted by molar-refractivity contribution is 6.35. The fraction of sp³-hybridized carbons (Fsp3) is 0. The standard InChI is InChI=1S/C34H21NO/c1-2-10-22(11-3-1)23-18-20-24(21-19-23)35-29-16-8-6-14-27(29)31-25-12-4-5-13-26(25)34-32(33(31)35)28-15-7-9-17-30(28)36-34/h1-21H. The van der Waals surface area contributed by atoms with Gasteiger partial charge in [-0.1, -0.05) is 103 Å². The van der Waals surface area contributed by atoms with Crippen molar-refractivity contribution in [2.75, 3.05) is 0 Å². The summed E-state index contributed by atoms with van der Waals surface area (Å²) in [4.78, 5) is 0. The summed E-state index contributed by atoms with van der Waals surface area (Å²) in [7, 11) is 0. The third-order valence-electron chi connectivity index (χ3n) is 7.38. The normalized spacial score (nSPS) is 11.9. The van der Waals surface area contributed by atoms with Crippen molar-refractivity contribution in [1.82, 2.24) is 4.57 Å². The Kier molecular flexibility index (Phi) is 3.97. The van der Waals surface area contributed by atoms with Gasteiger partial charge >= 0.3 is 0 Å². The first-order valence-electron chi connectivity index (χ1n) is 12.3. The van der Waals surface area contributed by atoms with Crippen LogP contribution in [0.2, 0.25) is 0 Å². The molecule has 0 unspecified atom stereocenters. The number of hydrogen-bond donors (Lipinski definition) is 0. The van der Waals surface area contributed by atoms with Gasteiger partial charge in [-0.15, -0.1) is 0 Å². The lowest BCUT2D eigenvalue weighted by Crippen LogP contribution is -1.94. The first-order valence-corrected chi connectivity index (χ1v) is 12.3. The topological polar surface area (TPSA) is 18.1 Å². The minimum absolute atomic E-state index is 0.918. The highest BCUT2D eigenvalue weighted by atomic mass is 16.3. The van der Waals surface area contributed by atoms with E-state index in [0.717, 1.165) is 27.6 Å². The van der Waals surface area contributed by atoms with Gasteiger partial charge in [0, 0.05) is 27.2 Å². The van der Waals surface area contributed by atoms with Crippen molar-refractivity contribution >= 4 is 54.5 Å². The van der Waals surface area contributed by atoms with Gasteiger partial charge in [-0.2, -0.15) is 0 Å². The van der Waals surface area contributed by atoms with Gasteiger partial charge in [0.05, 0.1) is 16.4 Å². The third kappa shape index (κ3) is 2.61. The molecule has 2 heteroatoms. The van der Waals surface area contributed by atoms with Crippen LogP contribution in [-0.2, 0) is 0 Å². The minimum atomic E-state index is 0.918. The zero-order valence-electron chi connectivity index (χ0n) is 19.5. The first kappa shape index (κ1) is 19.5. The predicted octanol–water partition coefficient (Wildman–Crippen LogP) is 9.50. The lowest BCUT2D eigenvalue weighted by molar-refractivity contribution is 0.673. The maximum Gasteiger partial charge on any atom is 0.145 e. The van der Waals surface area contributed by atoms with Gasteiger partial charge in [-0.25, -0.2) is 0 Å². The van der Waals surface area contributed by atoms with Crippen molar-refractivity contribution in [2.24, 2.45) is 0 Å². The van der Waals surface area contributed by atoms with Gasteiger partial charge in [0.15, 0.2) is 0 Å². The van der Waals surface area contributed by atoms with E-state index in [1.54, 1.807) is 0 Å². The molecule has 0 atom stereocenters. The Balaban J connectivity index is 1.57. The minimum Gasteiger partial charge on any atom is -0.455 e. The van der Waals surface area contributed by atoms with Crippen LogP contribution in [0.5, 0.6) is 0 Å². The second-order valence-corrected chi connectivity index (χ2v) is 9.34. The van der Waals surface area contributed by atoms with E-state index in [4.69, 9.17) is 4.42 Å².